The van der Waals surface area contributed by atoms with E-state index in [1.807, 2.05) is 0 Å². The molecule has 0 N–H and O–H groups in total. The molecule has 4 heteroatoms. The van der Waals surface area contributed by atoms with Crippen LogP contribution in [-0.4, -0.2) is 24.1 Å². The third-order valence-corrected chi connectivity index (χ3v) is 9.56. The van der Waals surface area contributed by atoms with Crippen molar-refractivity contribution in [3.8, 4) is 0 Å². The second kappa shape index (κ2) is 7.56. The van der Waals surface area contributed by atoms with Crippen LogP contribution in [0.2, 0.25) is 0 Å². The summed E-state index contributed by atoms with van der Waals surface area (Å²) >= 11 is 0. The second-order valence-corrected chi connectivity index (χ2v) is 11.1. The molecular formula is C27H36O4. The molecule has 0 aromatic rings. The number of rotatable bonds is 3. The first kappa shape index (κ1) is 22.2. The lowest BCUT2D eigenvalue weighted by Crippen LogP contribution is -2.50. The van der Waals surface area contributed by atoms with Crippen LogP contribution in [0.5, 0.6) is 0 Å². The Morgan fingerprint density at radius 2 is 1.90 bits per heavy atom. The maximum atomic E-state index is 13.4. The molecule has 2 fully saturated rings. The number of Topliss-reactive ketones (excluding diaryl/α,β-unsaturated/α-hetero) is 1. The number of fused-ring (bicyclic) bond motifs is 6. The molecule has 2 bridgehead atoms. The number of allylic oxidation sites excluding steroid dienone is 6. The molecule has 7 atom stereocenters. The lowest BCUT2D eigenvalue weighted by atomic mass is 9.52. The van der Waals surface area contributed by atoms with E-state index in [0.717, 1.165) is 32.1 Å². The zero-order valence-corrected chi connectivity index (χ0v) is 19.6. The van der Waals surface area contributed by atoms with Gasteiger partial charge in [0.2, 0.25) is 0 Å². The Morgan fingerprint density at radius 1 is 1.16 bits per heavy atom. The summed E-state index contributed by atoms with van der Waals surface area (Å²) in [6.45, 7) is 10.1. The Bertz CT molecular complexity index is 895. The first-order valence-corrected chi connectivity index (χ1v) is 11.8. The normalized spacial score (nSPS) is 43.8. The zero-order valence-electron chi connectivity index (χ0n) is 19.6. The van der Waals surface area contributed by atoms with Crippen LogP contribution in [0, 0.1) is 39.9 Å². The molecule has 0 aliphatic heterocycles. The fourth-order valence-corrected chi connectivity index (χ4v) is 7.45. The molecule has 0 amide bonds. The number of esters is 1. The monoisotopic (exact) mass is 424 g/mol. The molecule has 4 nitrogen and oxygen atoms in total. The lowest BCUT2D eigenvalue weighted by molar-refractivity contribution is -0.153. The van der Waals surface area contributed by atoms with E-state index in [1.165, 1.54) is 12.5 Å². The third-order valence-electron chi connectivity index (χ3n) is 9.56. The summed E-state index contributed by atoms with van der Waals surface area (Å²) in [5.41, 5.74) is 0.684. The van der Waals surface area contributed by atoms with Crippen LogP contribution >= 0.6 is 0 Å². The van der Waals surface area contributed by atoms with Crippen LogP contribution in [0.15, 0.2) is 36.0 Å². The van der Waals surface area contributed by atoms with E-state index in [0.29, 0.717) is 17.8 Å². The van der Waals surface area contributed by atoms with E-state index < -0.39 is 11.4 Å². The quantitative estimate of drug-likeness (QED) is 0.459. The largest absolute Gasteiger partial charge is 0.458 e. The smallest absolute Gasteiger partial charge is 0.303 e. The van der Waals surface area contributed by atoms with Crippen molar-refractivity contribution in [2.45, 2.75) is 66.7 Å². The molecule has 0 saturated heterocycles. The van der Waals surface area contributed by atoms with Crippen LogP contribution in [0.3, 0.4) is 0 Å². The van der Waals surface area contributed by atoms with Crippen LogP contribution in [-0.2, 0) is 19.1 Å². The van der Waals surface area contributed by atoms with Gasteiger partial charge in [-0.25, -0.2) is 0 Å². The molecule has 168 valence electrons. The summed E-state index contributed by atoms with van der Waals surface area (Å²) in [5.74, 6) is 1.21. The van der Waals surface area contributed by atoms with E-state index in [2.05, 4.69) is 45.9 Å². The van der Waals surface area contributed by atoms with Crippen LogP contribution in [0.4, 0.5) is 0 Å². The van der Waals surface area contributed by atoms with E-state index in [-0.39, 0.29) is 34.9 Å². The number of ether oxygens (including phenoxy) is 1. The van der Waals surface area contributed by atoms with Gasteiger partial charge in [-0.2, -0.15) is 0 Å². The zero-order chi connectivity index (χ0) is 22.6. The average Bonchev–Trinajstić information content (AvgIpc) is 2.83. The summed E-state index contributed by atoms with van der Waals surface area (Å²) < 4.78 is 5.14. The van der Waals surface area contributed by atoms with Gasteiger partial charge in [0.1, 0.15) is 0 Å². The minimum Gasteiger partial charge on any atom is -0.458 e. The molecule has 4 rings (SSSR count). The molecular weight excluding hydrogens is 388 g/mol. The van der Waals surface area contributed by atoms with Gasteiger partial charge >= 0.3 is 5.97 Å². The van der Waals surface area contributed by atoms with Gasteiger partial charge in [-0.15, -0.1) is 0 Å². The predicted molar refractivity (Wildman–Crippen MR) is 120 cm³/mol. The van der Waals surface area contributed by atoms with Crippen molar-refractivity contribution in [2.75, 3.05) is 6.61 Å². The second-order valence-electron chi connectivity index (χ2n) is 11.1. The van der Waals surface area contributed by atoms with E-state index in [9.17, 15) is 14.4 Å². The molecule has 0 aromatic carbocycles. The number of carbonyl (C=O) groups is 3. The van der Waals surface area contributed by atoms with Gasteiger partial charge < -0.3 is 4.74 Å². The topological polar surface area (TPSA) is 60.4 Å². The summed E-state index contributed by atoms with van der Waals surface area (Å²) in [6, 6.07) is 0. The third kappa shape index (κ3) is 3.37. The van der Waals surface area contributed by atoms with Crippen LogP contribution in [0.25, 0.3) is 0 Å². The van der Waals surface area contributed by atoms with E-state index >= 15 is 0 Å². The molecule has 4 aliphatic carbocycles. The molecule has 0 aromatic heterocycles. The molecule has 2 saturated carbocycles. The minimum atomic E-state index is -0.517. The van der Waals surface area contributed by atoms with Gasteiger partial charge in [0.05, 0.1) is 0 Å². The Labute approximate surface area is 186 Å². The Morgan fingerprint density at radius 3 is 2.61 bits per heavy atom. The van der Waals surface area contributed by atoms with Gasteiger partial charge in [-0.3, -0.25) is 14.4 Å². The molecule has 31 heavy (non-hydrogen) atoms. The minimum absolute atomic E-state index is 0.0534. The molecule has 0 heterocycles. The Balaban J connectivity index is 1.73. The van der Waals surface area contributed by atoms with Gasteiger partial charge in [0, 0.05) is 17.8 Å². The van der Waals surface area contributed by atoms with Crippen LogP contribution < -0.4 is 0 Å². The van der Waals surface area contributed by atoms with Crippen molar-refractivity contribution in [2.24, 2.45) is 39.9 Å². The number of ketones is 2. The highest BCUT2D eigenvalue weighted by Crippen LogP contribution is 2.68. The van der Waals surface area contributed by atoms with Crippen LogP contribution in [0.1, 0.15) is 66.7 Å². The summed E-state index contributed by atoms with van der Waals surface area (Å²) in [7, 11) is 0. The molecule has 0 radical (unpaired) electrons. The van der Waals surface area contributed by atoms with Gasteiger partial charge in [0.25, 0.3) is 0 Å². The number of carbonyl (C=O) groups excluding carboxylic acids is 3. The average molecular weight is 425 g/mol. The lowest BCUT2D eigenvalue weighted by Gasteiger charge is -2.51. The maximum Gasteiger partial charge on any atom is 0.303 e. The highest BCUT2D eigenvalue weighted by molar-refractivity contribution is 5.99. The van der Waals surface area contributed by atoms with Crippen molar-refractivity contribution in [3.63, 3.8) is 0 Å². The van der Waals surface area contributed by atoms with Crippen molar-refractivity contribution in [1.82, 2.24) is 0 Å². The standard InChI is InChI=1S/C27H36O4/c1-17-14-23-21-9-7-19-6-8-20(29)10-12-25(3,15-19)22(21)11-13-26(23,4)27(17,5)24(30)16-31-18(2)28/h6,8,10-12,17,19,21,23H,7,9,13-16H2,1-5H3/t17-,19?,21?,23?,25-,26+,27-/m1/s1. The summed E-state index contributed by atoms with van der Waals surface area (Å²) in [5, 5.41) is 0. The number of hydrogen-bond acceptors (Lipinski definition) is 4. The first-order chi connectivity index (χ1) is 14.5. The van der Waals surface area contributed by atoms with Gasteiger partial charge in [-0.1, -0.05) is 51.5 Å². The van der Waals surface area contributed by atoms with Gasteiger partial charge in [-0.05, 0) is 73.3 Å². The Hall–Kier alpha value is -1.97. The number of hydrogen-bond donors (Lipinski definition) is 0. The van der Waals surface area contributed by atoms with Crippen molar-refractivity contribution in [3.05, 3.63) is 36.0 Å². The van der Waals surface area contributed by atoms with E-state index in [4.69, 9.17) is 4.74 Å². The summed E-state index contributed by atoms with van der Waals surface area (Å²) in [4.78, 5) is 36.9. The Kier molecular flexibility index (Phi) is 5.43. The highest BCUT2D eigenvalue weighted by atomic mass is 16.5. The first-order valence-electron chi connectivity index (χ1n) is 11.8. The predicted octanol–water partition coefficient (Wildman–Crippen LogP) is 5.24. The molecule has 3 unspecified atom stereocenters. The summed E-state index contributed by atoms with van der Waals surface area (Å²) in [6.07, 6.45) is 15.2. The van der Waals surface area contributed by atoms with Crippen molar-refractivity contribution >= 4 is 17.5 Å². The van der Waals surface area contributed by atoms with Crippen molar-refractivity contribution in [1.29, 1.82) is 0 Å². The SMILES string of the molecule is CC(=O)OCC(=O)[C@@]1(C)[C@H](C)CC2C3CCC4C=CC(=O)C=C[C@](C)(C4)C3=CC[C@@]21C. The maximum absolute atomic E-state index is 13.4. The highest BCUT2D eigenvalue weighted by Gasteiger charge is 2.64. The molecule has 0 spiro atoms. The van der Waals surface area contributed by atoms with Gasteiger partial charge in [0.15, 0.2) is 18.2 Å². The molecule has 4 aliphatic rings. The fraction of sp³-hybridized carbons (Fsp3) is 0.667. The fourth-order valence-electron chi connectivity index (χ4n) is 7.45. The van der Waals surface area contributed by atoms with E-state index in [1.54, 1.807) is 12.2 Å². The van der Waals surface area contributed by atoms with Crippen molar-refractivity contribution < 1.29 is 19.1 Å².